The maximum atomic E-state index is 11.9. The van der Waals surface area contributed by atoms with Gasteiger partial charge in [-0.2, -0.15) is 0 Å². The molecule has 5 nitrogen and oxygen atoms in total. The van der Waals surface area contributed by atoms with Crippen molar-refractivity contribution in [1.82, 2.24) is 15.6 Å². The van der Waals surface area contributed by atoms with Crippen LogP contribution >= 0.6 is 11.3 Å². The molecule has 0 aliphatic carbocycles. The van der Waals surface area contributed by atoms with Crippen molar-refractivity contribution < 1.29 is 9.59 Å². The fourth-order valence-electron chi connectivity index (χ4n) is 2.50. The zero-order chi connectivity index (χ0) is 16.2. The molecule has 2 aromatic rings. The van der Waals surface area contributed by atoms with Gasteiger partial charge in [0.15, 0.2) is 0 Å². The van der Waals surface area contributed by atoms with Crippen LogP contribution in [0.1, 0.15) is 24.1 Å². The molecule has 3 rings (SSSR count). The second-order valence-electron chi connectivity index (χ2n) is 5.71. The lowest BCUT2D eigenvalue weighted by Gasteiger charge is -2.10. The first-order chi connectivity index (χ1) is 11.1. The first-order valence-corrected chi connectivity index (χ1v) is 8.58. The van der Waals surface area contributed by atoms with E-state index in [-0.39, 0.29) is 17.9 Å². The van der Waals surface area contributed by atoms with Crippen molar-refractivity contribution >= 4 is 23.2 Å². The van der Waals surface area contributed by atoms with E-state index in [4.69, 9.17) is 0 Å². The number of amides is 2. The number of hydrogen-bond donors (Lipinski definition) is 2. The van der Waals surface area contributed by atoms with Crippen LogP contribution in [0.2, 0.25) is 0 Å². The third-order valence-corrected chi connectivity index (χ3v) is 4.78. The number of hydrogen-bond acceptors (Lipinski definition) is 4. The lowest BCUT2D eigenvalue weighted by molar-refractivity contribution is -0.125. The molecular formula is C17H19N3O2S. The van der Waals surface area contributed by atoms with E-state index in [1.807, 2.05) is 5.38 Å². The summed E-state index contributed by atoms with van der Waals surface area (Å²) in [6.07, 6.45) is 1.71. The SMILES string of the molecule is Cc1ccc(-c2nc(CCNC(=O)[C@@H]3CCC(=O)N3)cs2)cc1. The lowest BCUT2D eigenvalue weighted by atomic mass is 10.2. The van der Waals surface area contributed by atoms with E-state index in [0.717, 1.165) is 16.3 Å². The van der Waals surface area contributed by atoms with Crippen LogP contribution < -0.4 is 10.6 Å². The Kier molecular flexibility index (Phi) is 4.71. The smallest absolute Gasteiger partial charge is 0.242 e. The molecule has 1 aromatic heterocycles. The normalized spacial score (nSPS) is 17.1. The summed E-state index contributed by atoms with van der Waals surface area (Å²) < 4.78 is 0. The summed E-state index contributed by atoms with van der Waals surface area (Å²) in [6, 6.07) is 7.92. The Morgan fingerprint density at radius 3 is 2.87 bits per heavy atom. The number of nitrogens with zero attached hydrogens (tertiary/aromatic N) is 1. The first kappa shape index (κ1) is 15.7. The Balaban J connectivity index is 1.50. The number of aryl methyl sites for hydroxylation is 1. The molecule has 120 valence electrons. The van der Waals surface area contributed by atoms with Crippen LogP contribution in [-0.2, 0) is 16.0 Å². The molecule has 0 spiro atoms. The summed E-state index contributed by atoms with van der Waals surface area (Å²) in [5.41, 5.74) is 3.32. The van der Waals surface area contributed by atoms with E-state index in [9.17, 15) is 9.59 Å². The summed E-state index contributed by atoms with van der Waals surface area (Å²) in [4.78, 5) is 27.6. The summed E-state index contributed by atoms with van der Waals surface area (Å²) in [7, 11) is 0. The van der Waals surface area contributed by atoms with Crippen molar-refractivity contribution in [2.75, 3.05) is 6.54 Å². The molecule has 0 saturated carbocycles. The Morgan fingerprint density at radius 2 is 2.17 bits per heavy atom. The number of thiazole rings is 1. The van der Waals surface area contributed by atoms with E-state index in [0.29, 0.717) is 25.8 Å². The largest absolute Gasteiger partial charge is 0.354 e. The minimum absolute atomic E-state index is 0.0487. The average molecular weight is 329 g/mol. The van der Waals surface area contributed by atoms with E-state index >= 15 is 0 Å². The number of carbonyl (C=O) groups is 2. The van der Waals surface area contributed by atoms with Gasteiger partial charge >= 0.3 is 0 Å². The summed E-state index contributed by atoms with van der Waals surface area (Å²) >= 11 is 1.61. The molecule has 1 atom stereocenters. The minimum atomic E-state index is -0.374. The summed E-state index contributed by atoms with van der Waals surface area (Å²) in [5.74, 6) is -0.155. The van der Waals surface area contributed by atoms with Crippen LogP contribution in [0.4, 0.5) is 0 Å². The quantitative estimate of drug-likeness (QED) is 0.882. The molecule has 2 heterocycles. The van der Waals surface area contributed by atoms with Gasteiger partial charge in [-0.05, 0) is 13.3 Å². The Hall–Kier alpha value is -2.21. The van der Waals surface area contributed by atoms with Crippen molar-refractivity contribution in [1.29, 1.82) is 0 Å². The highest BCUT2D eigenvalue weighted by atomic mass is 32.1. The molecular weight excluding hydrogens is 310 g/mol. The van der Waals surface area contributed by atoms with Crippen LogP contribution in [0.5, 0.6) is 0 Å². The molecule has 23 heavy (non-hydrogen) atoms. The van der Waals surface area contributed by atoms with Gasteiger partial charge in [0.1, 0.15) is 11.0 Å². The van der Waals surface area contributed by atoms with E-state index < -0.39 is 0 Å². The fraction of sp³-hybridized carbons (Fsp3) is 0.353. The Bertz CT molecular complexity index is 709. The van der Waals surface area contributed by atoms with Gasteiger partial charge in [0.2, 0.25) is 11.8 Å². The van der Waals surface area contributed by atoms with Crippen molar-refractivity contribution in [2.24, 2.45) is 0 Å². The predicted octanol–water partition coefficient (Wildman–Crippen LogP) is 2.06. The number of rotatable bonds is 5. The molecule has 1 fully saturated rings. The zero-order valence-electron chi connectivity index (χ0n) is 13.0. The molecule has 1 aliphatic rings. The van der Waals surface area contributed by atoms with E-state index in [1.165, 1.54) is 5.56 Å². The van der Waals surface area contributed by atoms with Gasteiger partial charge in [0.05, 0.1) is 5.69 Å². The number of nitrogens with one attached hydrogen (secondary N) is 2. The molecule has 2 amide bonds. The van der Waals surface area contributed by atoms with Gasteiger partial charge in [-0.1, -0.05) is 29.8 Å². The zero-order valence-corrected chi connectivity index (χ0v) is 13.8. The molecule has 0 unspecified atom stereocenters. The second-order valence-corrected chi connectivity index (χ2v) is 6.57. The molecule has 1 aliphatic heterocycles. The monoisotopic (exact) mass is 329 g/mol. The maximum Gasteiger partial charge on any atom is 0.242 e. The van der Waals surface area contributed by atoms with Crippen LogP contribution in [0.25, 0.3) is 10.6 Å². The summed E-state index contributed by atoms with van der Waals surface area (Å²) in [6.45, 7) is 2.59. The molecule has 1 aromatic carbocycles. The van der Waals surface area contributed by atoms with Crippen molar-refractivity contribution in [2.45, 2.75) is 32.2 Å². The molecule has 1 saturated heterocycles. The highest BCUT2D eigenvalue weighted by Crippen LogP contribution is 2.24. The number of carbonyl (C=O) groups excluding carboxylic acids is 2. The van der Waals surface area contributed by atoms with Crippen LogP contribution in [0, 0.1) is 6.92 Å². The van der Waals surface area contributed by atoms with Crippen LogP contribution in [-0.4, -0.2) is 29.4 Å². The van der Waals surface area contributed by atoms with Crippen LogP contribution in [0.3, 0.4) is 0 Å². The van der Waals surface area contributed by atoms with E-state index in [1.54, 1.807) is 11.3 Å². The van der Waals surface area contributed by atoms with Gasteiger partial charge in [0.25, 0.3) is 0 Å². The third kappa shape index (κ3) is 3.96. The van der Waals surface area contributed by atoms with Gasteiger partial charge in [-0.3, -0.25) is 9.59 Å². The number of aromatic nitrogens is 1. The lowest BCUT2D eigenvalue weighted by Crippen LogP contribution is -2.42. The average Bonchev–Trinajstić information content (AvgIpc) is 3.17. The highest BCUT2D eigenvalue weighted by Gasteiger charge is 2.26. The van der Waals surface area contributed by atoms with Crippen LogP contribution in [0.15, 0.2) is 29.6 Å². The molecule has 6 heteroatoms. The van der Waals surface area contributed by atoms with Gasteiger partial charge in [-0.25, -0.2) is 4.98 Å². The van der Waals surface area contributed by atoms with Crippen molar-refractivity contribution in [3.05, 3.63) is 40.9 Å². The molecule has 2 N–H and O–H groups in total. The second kappa shape index (κ2) is 6.91. The fourth-order valence-corrected chi connectivity index (χ4v) is 3.36. The Labute approximate surface area is 139 Å². The number of benzene rings is 1. The third-order valence-electron chi connectivity index (χ3n) is 3.84. The van der Waals surface area contributed by atoms with Gasteiger partial charge in [-0.15, -0.1) is 11.3 Å². The molecule has 0 bridgehead atoms. The van der Waals surface area contributed by atoms with Gasteiger partial charge < -0.3 is 10.6 Å². The first-order valence-electron chi connectivity index (χ1n) is 7.70. The standard InChI is InChI=1S/C17H19N3O2S/c1-11-2-4-12(5-3-11)17-19-13(10-23-17)8-9-18-16(22)14-6-7-15(21)20-14/h2-5,10,14H,6-9H2,1H3,(H,18,22)(H,20,21)/t14-/m0/s1. The van der Waals surface area contributed by atoms with Crippen molar-refractivity contribution in [3.63, 3.8) is 0 Å². The van der Waals surface area contributed by atoms with Crippen molar-refractivity contribution in [3.8, 4) is 10.6 Å². The Morgan fingerprint density at radius 1 is 1.39 bits per heavy atom. The maximum absolute atomic E-state index is 11.9. The van der Waals surface area contributed by atoms with E-state index in [2.05, 4.69) is 46.8 Å². The summed E-state index contributed by atoms with van der Waals surface area (Å²) in [5, 5.41) is 8.55. The highest BCUT2D eigenvalue weighted by molar-refractivity contribution is 7.13. The topological polar surface area (TPSA) is 71.1 Å². The molecule has 0 radical (unpaired) electrons. The van der Waals surface area contributed by atoms with Gasteiger partial charge in [0, 0.05) is 30.3 Å². The minimum Gasteiger partial charge on any atom is -0.354 e. The predicted molar refractivity (Wildman–Crippen MR) is 90.2 cm³/mol.